The lowest BCUT2D eigenvalue weighted by molar-refractivity contribution is 0.101. The van der Waals surface area contributed by atoms with Crippen molar-refractivity contribution in [2.75, 3.05) is 28.4 Å². The lowest BCUT2D eigenvalue weighted by Gasteiger charge is -2.12. The van der Waals surface area contributed by atoms with Crippen molar-refractivity contribution in [1.82, 2.24) is 0 Å². The average molecular weight is 1040 g/mol. The van der Waals surface area contributed by atoms with E-state index in [4.69, 9.17) is 28.4 Å². The van der Waals surface area contributed by atoms with Crippen molar-refractivity contribution in [3.8, 4) is 34.5 Å². The first-order chi connectivity index (χ1) is 37.9. The minimum absolute atomic E-state index is 0.132. The van der Waals surface area contributed by atoms with Crippen LogP contribution in [0.3, 0.4) is 0 Å². The molecule has 0 amide bonds. The van der Waals surface area contributed by atoms with Crippen LogP contribution in [-0.4, -0.2) is 63.1 Å². The van der Waals surface area contributed by atoms with Crippen molar-refractivity contribution in [3.63, 3.8) is 0 Å². The number of carbonyl (C=O) groups excluding carboxylic acids is 6. The summed E-state index contributed by atoms with van der Waals surface area (Å²) in [6.07, 6.45) is 0. The summed E-state index contributed by atoms with van der Waals surface area (Å²) in [4.78, 5) is 84.3. The van der Waals surface area contributed by atoms with Gasteiger partial charge in [0.25, 0.3) is 0 Å². The summed E-state index contributed by atoms with van der Waals surface area (Å²) in [5.41, 5.74) is 4.31. The summed E-state index contributed by atoms with van der Waals surface area (Å²) < 4.78 is 33.8. The average Bonchev–Trinajstić information content (AvgIpc) is 3.53. The van der Waals surface area contributed by atoms with E-state index in [0.717, 1.165) is 11.1 Å². The van der Waals surface area contributed by atoms with Crippen molar-refractivity contribution in [2.24, 2.45) is 0 Å². The van der Waals surface area contributed by atoms with Gasteiger partial charge in [0.15, 0.2) is 34.7 Å². The Morgan fingerprint density at radius 3 is 0.679 bits per heavy atom. The zero-order valence-electron chi connectivity index (χ0n) is 42.9. The quantitative estimate of drug-likeness (QED) is 0.0593. The Balaban J connectivity index is 0.900. The zero-order valence-corrected chi connectivity index (χ0v) is 42.9. The third-order valence-electron chi connectivity index (χ3n) is 12.8. The summed E-state index contributed by atoms with van der Waals surface area (Å²) in [7, 11) is 6.00. The van der Waals surface area contributed by atoms with Gasteiger partial charge in [-0.25, -0.2) is 0 Å². The highest BCUT2D eigenvalue weighted by Gasteiger charge is 2.23. The fourth-order valence-electron chi connectivity index (χ4n) is 8.70. The van der Waals surface area contributed by atoms with E-state index in [1.165, 1.54) is 64.8 Å². The van der Waals surface area contributed by atoms with E-state index in [1.807, 2.05) is 24.3 Å². The molecule has 0 aliphatic rings. The summed E-state index contributed by atoms with van der Waals surface area (Å²) in [6, 6.07) is 56.4. The van der Waals surface area contributed by atoms with Crippen LogP contribution in [0.2, 0.25) is 0 Å². The minimum Gasteiger partial charge on any atom is -0.497 e. The van der Waals surface area contributed by atoms with Gasteiger partial charge < -0.3 is 28.4 Å². The summed E-state index contributed by atoms with van der Waals surface area (Å²) >= 11 is 0. The van der Waals surface area contributed by atoms with Crippen LogP contribution in [0.5, 0.6) is 34.5 Å². The monoisotopic (exact) mass is 1030 g/mol. The van der Waals surface area contributed by atoms with Crippen LogP contribution in [0.4, 0.5) is 0 Å². The number of carbonyl (C=O) groups is 6. The zero-order chi connectivity index (χ0) is 54.7. The maximum absolute atomic E-state index is 14.3. The van der Waals surface area contributed by atoms with E-state index in [9.17, 15) is 28.8 Å². The fourth-order valence-corrected chi connectivity index (χ4v) is 8.70. The number of benzene rings is 9. The lowest BCUT2D eigenvalue weighted by atomic mass is 9.92. The third kappa shape index (κ3) is 12.3. The van der Waals surface area contributed by atoms with Gasteiger partial charge in [-0.1, -0.05) is 91.0 Å². The summed E-state index contributed by atoms with van der Waals surface area (Å²) in [6.45, 7) is 0.280. The van der Waals surface area contributed by atoms with Crippen molar-refractivity contribution in [3.05, 3.63) is 284 Å². The fraction of sp³-hybridized carbons (Fsp3) is 0.0909. The molecule has 0 fully saturated rings. The second kappa shape index (κ2) is 24.0. The van der Waals surface area contributed by atoms with Crippen molar-refractivity contribution in [2.45, 2.75) is 13.2 Å². The maximum atomic E-state index is 14.3. The van der Waals surface area contributed by atoms with Gasteiger partial charge in [0.1, 0.15) is 47.7 Å². The summed E-state index contributed by atoms with van der Waals surface area (Å²) in [5, 5.41) is 0. The predicted molar refractivity (Wildman–Crippen MR) is 293 cm³/mol. The molecule has 0 spiro atoms. The van der Waals surface area contributed by atoms with Crippen LogP contribution in [0, 0.1) is 0 Å². The molecule has 0 unspecified atom stereocenters. The first-order valence-electron chi connectivity index (χ1n) is 24.6. The van der Waals surface area contributed by atoms with Crippen LogP contribution in [0.15, 0.2) is 206 Å². The predicted octanol–water partition coefficient (Wildman–Crippen LogP) is 12.3. The van der Waals surface area contributed by atoms with Crippen molar-refractivity contribution in [1.29, 1.82) is 0 Å². The smallest absolute Gasteiger partial charge is 0.193 e. The van der Waals surface area contributed by atoms with E-state index >= 15 is 0 Å². The molecular weight excluding hydrogens is 985 g/mol. The highest BCUT2D eigenvalue weighted by molar-refractivity contribution is 6.19. The van der Waals surface area contributed by atoms with Crippen LogP contribution in [0.1, 0.15) is 107 Å². The van der Waals surface area contributed by atoms with E-state index in [1.54, 1.807) is 146 Å². The van der Waals surface area contributed by atoms with E-state index in [0.29, 0.717) is 56.8 Å². The first-order valence-corrected chi connectivity index (χ1v) is 24.6. The van der Waals surface area contributed by atoms with Gasteiger partial charge in [0, 0.05) is 66.8 Å². The van der Waals surface area contributed by atoms with Crippen LogP contribution >= 0.6 is 0 Å². The highest BCUT2D eigenvalue weighted by Crippen LogP contribution is 2.28. The molecule has 0 heterocycles. The SMILES string of the molecule is COc1cccc(C(=O)c2cc(C(=O)c3cccc(OC)c3)cc(C(=O)c3cccc(OCc4cccc(COc5cccc(C(=O)c6cc(C(=O)c7cccc(OC)c7)cc(C(=O)c7cccc(OC)c7)c6)c5)c4)c3)c2)c1. The van der Waals surface area contributed by atoms with Gasteiger partial charge in [-0.05, 0) is 126 Å². The largest absolute Gasteiger partial charge is 0.497 e. The molecular formula is C66H50O12. The molecule has 9 aromatic rings. The molecule has 0 radical (unpaired) electrons. The minimum atomic E-state index is -0.428. The number of hydrogen-bond donors (Lipinski definition) is 0. The molecule has 0 saturated carbocycles. The molecule has 0 atom stereocenters. The molecule has 0 saturated heterocycles. The molecule has 0 aliphatic heterocycles. The number of hydrogen-bond acceptors (Lipinski definition) is 12. The molecule has 9 aromatic carbocycles. The van der Waals surface area contributed by atoms with E-state index in [-0.39, 0.29) is 57.7 Å². The Kier molecular flexibility index (Phi) is 16.2. The molecule has 0 aliphatic carbocycles. The Morgan fingerprint density at radius 2 is 0.449 bits per heavy atom. The second-order valence-electron chi connectivity index (χ2n) is 18.0. The van der Waals surface area contributed by atoms with E-state index in [2.05, 4.69) is 0 Å². The Hall–Kier alpha value is -10.2. The standard InChI is InChI=1S/C66H50O12/c1-73-55-20-6-14-43(33-55)61(67)49-27-50(62(68)44-15-7-21-56(34-44)74-2)30-53(29-49)65(71)47-18-10-24-59(37-47)77-39-41-12-5-13-42(26-41)40-78-60-25-11-19-48(38-60)66(72)54-31-51(63(69)45-16-8-22-57(35-45)75-3)28-52(32-54)64(70)46-17-9-23-58(36-46)76-4/h5-38H,39-40H2,1-4H3. The van der Waals surface area contributed by atoms with Gasteiger partial charge in [0.05, 0.1) is 28.4 Å². The van der Waals surface area contributed by atoms with Crippen molar-refractivity contribution >= 4 is 34.7 Å². The number of rotatable bonds is 22. The highest BCUT2D eigenvalue weighted by atomic mass is 16.5. The summed E-state index contributed by atoms with van der Waals surface area (Å²) in [5.74, 6) is 0.292. The van der Waals surface area contributed by atoms with Gasteiger partial charge in [-0.15, -0.1) is 0 Å². The number of ketones is 6. The van der Waals surface area contributed by atoms with Crippen LogP contribution in [-0.2, 0) is 13.2 Å². The number of methoxy groups -OCH3 is 4. The van der Waals surface area contributed by atoms with Gasteiger partial charge in [-0.2, -0.15) is 0 Å². The molecule has 0 bridgehead atoms. The molecule has 0 aromatic heterocycles. The molecule has 0 N–H and O–H groups in total. The number of ether oxygens (including phenoxy) is 6. The van der Waals surface area contributed by atoms with E-state index < -0.39 is 34.7 Å². The Labute approximate surface area is 450 Å². The normalized spacial score (nSPS) is 10.7. The lowest BCUT2D eigenvalue weighted by Crippen LogP contribution is -2.11. The Bertz CT molecular complexity index is 3380. The molecule has 386 valence electrons. The van der Waals surface area contributed by atoms with Crippen LogP contribution in [0.25, 0.3) is 0 Å². The maximum Gasteiger partial charge on any atom is 0.193 e. The molecule has 78 heavy (non-hydrogen) atoms. The second-order valence-corrected chi connectivity index (χ2v) is 18.0. The first kappa shape index (κ1) is 52.7. The van der Waals surface area contributed by atoms with Crippen molar-refractivity contribution < 1.29 is 57.2 Å². The van der Waals surface area contributed by atoms with Gasteiger partial charge >= 0.3 is 0 Å². The van der Waals surface area contributed by atoms with Gasteiger partial charge in [0.2, 0.25) is 0 Å². The third-order valence-corrected chi connectivity index (χ3v) is 12.8. The topological polar surface area (TPSA) is 158 Å². The molecule has 9 rings (SSSR count). The molecule has 12 nitrogen and oxygen atoms in total. The van der Waals surface area contributed by atoms with Gasteiger partial charge in [-0.3, -0.25) is 28.8 Å². The van der Waals surface area contributed by atoms with Crippen LogP contribution < -0.4 is 28.4 Å². The Morgan fingerprint density at radius 1 is 0.244 bits per heavy atom. The molecule has 12 heteroatoms.